The van der Waals surface area contributed by atoms with Gasteiger partial charge in [-0.05, 0) is 176 Å². The van der Waals surface area contributed by atoms with Crippen LogP contribution in [0.15, 0.2) is 110 Å². The molecule has 20 heteroatoms. The summed E-state index contributed by atoms with van der Waals surface area (Å²) in [5.74, 6) is -1.87. The number of non-ortho nitro benzene ring substituents is 1. The Morgan fingerprint density at radius 3 is 1.42 bits per heavy atom. The Morgan fingerprint density at radius 1 is 0.541 bits per heavy atom. The molecule has 7 rings (SSSR count). The number of aromatic nitrogens is 1. The van der Waals surface area contributed by atoms with E-state index in [2.05, 4.69) is 20.1 Å². The molecular formula is C65H77N3O16S. The first-order valence-corrected chi connectivity index (χ1v) is 30.5. The van der Waals surface area contributed by atoms with E-state index in [0.29, 0.717) is 128 Å². The van der Waals surface area contributed by atoms with Gasteiger partial charge in [-0.3, -0.25) is 29.3 Å². The first kappa shape index (κ1) is 64.4. The van der Waals surface area contributed by atoms with Crippen LogP contribution in [0.5, 0.6) is 34.5 Å². The maximum Gasteiger partial charge on any atom is 0.330 e. The molecule has 2 saturated carbocycles. The summed E-state index contributed by atoms with van der Waals surface area (Å²) in [4.78, 5) is 95.2. The fraction of sp³-hybridized carbons (Fsp3) is 0.462. The second kappa shape index (κ2) is 34.0. The molecule has 1 aromatic heterocycles. The molecule has 2 aliphatic carbocycles. The van der Waals surface area contributed by atoms with Crippen LogP contribution in [0.25, 0.3) is 10.2 Å². The number of carbonyl (C=O) groups is 6. The summed E-state index contributed by atoms with van der Waals surface area (Å²) in [7, 11) is 0. The molecule has 0 atom stereocenters. The van der Waals surface area contributed by atoms with Gasteiger partial charge in [0, 0.05) is 36.9 Å². The number of fused-ring (bicyclic) bond motifs is 1. The predicted molar refractivity (Wildman–Crippen MR) is 320 cm³/mol. The topological polar surface area (TPSA) is 236 Å². The van der Waals surface area contributed by atoms with Crippen LogP contribution in [-0.4, -0.2) is 78.7 Å². The van der Waals surface area contributed by atoms with E-state index in [9.17, 15) is 38.9 Å². The quantitative estimate of drug-likeness (QED) is 0.00929. The molecule has 454 valence electrons. The average Bonchev–Trinajstić information content (AvgIpc) is 3.69. The van der Waals surface area contributed by atoms with E-state index < -0.39 is 52.5 Å². The molecule has 0 saturated heterocycles. The second-order valence-electron chi connectivity index (χ2n) is 21.2. The molecule has 19 nitrogen and oxygen atoms in total. The standard InChI is InChI=1S/C65H77N3O16S/c1-4-7-8-13-38-67(65-66-55-36-26-49(68(75)76)43-58(55)85-65)56-44-54(83-63(73)47-20-18-45(19-21-47)61(71)81-52-31-27-50(28-32-52)77-39-14-9-11-16-41-79-59(69)5-2)35-37-57(56)84-64(74)48-24-22-46(23-25-48)62(72)82-53-33-29-51(30-34-53)78-40-15-10-12-17-42-80-60(70)6-3/h5-6,26-37,43-48H,2-4,7-25,38-42H2,1H3. The third-order valence-electron chi connectivity index (χ3n) is 15.0. The number of nitro groups is 1. The van der Waals surface area contributed by atoms with Gasteiger partial charge in [-0.1, -0.05) is 50.7 Å². The van der Waals surface area contributed by atoms with E-state index in [4.69, 9.17) is 42.9 Å². The van der Waals surface area contributed by atoms with Gasteiger partial charge >= 0.3 is 35.8 Å². The van der Waals surface area contributed by atoms with Crippen LogP contribution < -0.4 is 33.3 Å². The molecule has 0 N–H and O–H groups in total. The minimum atomic E-state index is -0.518. The van der Waals surface area contributed by atoms with Crippen molar-refractivity contribution in [3.05, 3.63) is 120 Å². The molecule has 85 heavy (non-hydrogen) atoms. The zero-order chi connectivity index (χ0) is 60.3. The number of hydrogen-bond acceptors (Lipinski definition) is 19. The average molecular weight is 1190 g/mol. The fourth-order valence-electron chi connectivity index (χ4n) is 10.1. The van der Waals surface area contributed by atoms with Gasteiger partial charge in [0.25, 0.3) is 5.69 Å². The SMILES string of the molecule is C=CC(=O)OCCCCCCOc1ccc(OC(=O)C2CCC(C(=O)Oc3ccc(OC(=O)C4CCC(C(=O)Oc5ccc(OCCCCCCOC(=O)C=C)cc5)CC4)c(N(CCCCCC)c4nc5ccc([N+](=O)[O-])cc5s4)c3)CC2)cc1. The van der Waals surface area contributed by atoms with Gasteiger partial charge in [0.05, 0.1) is 70.9 Å². The molecule has 0 aliphatic heterocycles. The van der Waals surface area contributed by atoms with E-state index in [0.717, 1.165) is 89.2 Å². The highest BCUT2D eigenvalue weighted by Gasteiger charge is 2.35. The Labute approximate surface area is 500 Å². The number of rotatable bonds is 34. The van der Waals surface area contributed by atoms with Crippen molar-refractivity contribution >= 4 is 73.9 Å². The Morgan fingerprint density at radius 2 is 0.965 bits per heavy atom. The lowest BCUT2D eigenvalue weighted by molar-refractivity contribution is -0.384. The number of hydrogen-bond donors (Lipinski definition) is 0. The number of nitro benzene ring substituents is 1. The van der Waals surface area contributed by atoms with Crippen molar-refractivity contribution in [3.8, 4) is 34.5 Å². The number of carbonyl (C=O) groups excluding carboxylic acids is 6. The summed E-state index contributed by atoms with van der Waals surface area (Å²) < 4.78 is 46.1. The van der Waals surface area contributed by atoms with Gasteiger partial charge in [-0.15, -0.1) is 0 Å². The lowest BCUT2D eigenvalue weighted by atomic mass is 9.82. The predicted octanol–water partition coefficient (Wildman–Crippen LogP) is 13.9. The molecular weight excluding hydrogens is 1110 g/mol. The zero-order valence-corrected chi connectivity index (χ0v) is 49.2. The van der Waals surface area contributed by atoms with Crippen LogP contribution in [0, 0.1) is 33.8 Å². The minimum Gasteiger partial charge on any atom is -0.494 e. The van der Waals surface area contributed by atoms with Gasteiger partial charge in [0.1, 0.15) is 28.7 Å². The Bertz CT molecular complexity index is 3040. The summed E-state index contributed by atoms with van der Waals surface area (Å²) in [6, 6.07) is 23.1. The van der Waals surface area contributed by atoms with Crippen molar-refractivity contribution in [2.24, 2.45) is 23.7 Å². The summed E-state index contributed by atoms with van der Waals surface area (Å²) in [5.41, 5.74) is 0.899. The molecule has 0 amide bonds. The molecule has 0 spiro atoms. The van der Waals surface area contributed by atoms with E-state index in [1.807, 2.05) is 4.90 Å². The number of esters is 6. The number of ether oxygens (including phenoxy) is 8. The molecule has 4 aromatic carbocycles. The summed E-state index contributed by atoms with van der Waals surface area (Å²) >= 11 is 1.26. The largest absolute Gasteiger partial charge is 0.494 e. The van der Waals surface area contributed by atoms with Crippen molar-refractivity contribution < 1.29 is 71.6 Å². The van der Waals surface area contributed by atoms with Crippen LogP contribution in [0.1, 0.15) is 135 Å². The van der Waals surface area contributed by atoms with Crippen molar-refractivity contribution in [2.75, 3.05) is 37.9 Å². The number of nitrogens with zero attached hydrogens (tertiary/aromatic N) is 3. The minimum absolute atomic E-state index is 0.0726. The lowest BCUT2D eigenvalue weighted by Crippen LogP contribution is -2.31. The third-order valence-corrected chi connectivity index (χ3v) is 16.0. The van der Waals surface area contributed by atoms with Gasteiger partial charge in [0.2, 0.25) is 0 Å². The van der Waals surface area contributed by atoms with Crippen molar-refractivity contribution in [2.45, 2.75) is 135 Å². The van der Waals surface area contributed by atoms with Crippen LogP contribution in [0.3, 0.4) is 0 Å². The molecule has 5 aromatic rings. The highest BCUT2D eigenvalue weighted by molar-refractivity contribution is 7.22. The van der Waals surface area contributed by atoms with Crippen molar-refractivity contribution in [1.29, 1.82) is 0 Å². The van der Waals surface area contributed by atoms with E-state index in [1.165, 1.54) is 23.5 Å². The maximum atomic E-state index is 14.2. The summed E-state index contributed by atoms with van der Waals surface area (Å²) in [6.45, 7) is 11.1. The van der Waals surface area contributed by atoms with Gasteiger partial charge < -0.3 is 42.8 Å². The van der Waals surface area contributed by atoms with Gasteiger partial charge in [-0.2, -0.15) is 0 Å². The monoisotopic (exact) mass is 1190 g/mol. The fourth-order valence-corrected chi connectivity index (χ4v) is 11.1. The second-order valence-corrected chi connectivity index (χ2v) is 22.2. The smallest absolute Gasteiger partial charge is 0.330 e. The Balaban J connectivity index is 0.941. The first-order chi connectivity index (χ1) is 41.3. The highest BCUT2D eigenvalue weighted by atomic mass is 32.1. The summed E-state index contributed by atoms with van der Waals surface area (Å²) in [6.07, 6.45) is 16.0. The van der Waals surface area contributed by atoms with Gasteiger partial charge in [0.15, 0.2) is 10.9 Å². The van der Waals surface area contributed by atoms with Crippen molar-refractivity contribution in [1.82, 2.24) is 4.98 Å². The van der Waals surface area contributed by atoms with Crippen LogP contribution in [0.2, 0.25) is 0 Å². The first-order valence-electron chi connectivity index (χ1n) is 29.7. The highest BCUT2D eigenvalue weighted by Crippen LogP contribution is 2.43. The van der Waals surface area contributed by atoms with E-state index in [-0.39, 0.29) is 29.1 Å². The number of unbranched alkanes of at least 4 members (excludes halogenated alkanes) is 9. The van der Waals surface area contributed by atoms with Crippen LogP contribution >= 0.6 is 11.3 Å². The number of anilines is 2. The third kappa shape index (κ3) is 20.6. The number of benzene rings is 4. The maximum absolute atomic E-state index is 14.2. The molecule has 2 aliphatic rings. The number of thiazole rings is 1. The molecule has 2 fully saturated rings. The van der Waals surface area contributed by atoms with Crippen molar-refractivity contribution in [3.63, 3.8) is 0 Å². The molecule has 0 unspecified atom stereocenters. The zero-order valence-electron chi connectivity index (χ0n) is 48.4. The Kier molecular flexibility index (Phi) is 25.8. The van der Waals surface area contributed by atoms with E-state index in [1.54, 1.807) is 72.8 Å². The van der Waals surface area contributed by atoms with E-state index >= 15 is 0 Å². The summed E-state index contributed by atoms with van der Waals surface area (Å²) in [5, 5.41) is 12.3. The van der Waals surface area contributed by atoms with Crippen LogP contribution in [0.4, 0.5) is 16.5 Å². The molecule has 0 radical (unpaired) electrons. The Hall–Kier alpha value is -8.13. The lowest BCUT2D eigenvalue weighted by Gasteiger charge is -2.28. The van der Waals surface area contributed by atoms with Crippen LogP contribution in [-0.2, 0) is 38.2 Å². The molecule has 0 bridgehead atoms. The normalized spacial score (nSPS) is 16.5. The van der Waals surface area contributed by atoms with Gasteiger partial charge in [-0.25, -0.2) is 14.6 Å². The molecule has 1 heterocycles.